The van der Waals surface area contributed by atoms with E-state index in [0.717, 1.165) is 24.6 Å². The van der Waals surface area contributed by atoms with Gasteiger partial charge in [-0.1, -0.05) is 26.0 Å². The van der Waals surface area contributed by atoms with Gasteiger partial charge in [0.1, 0.15) is 0 Å². The average Bonchev–Trinajstić information content (AvgIpc) is 2.89. The summed E-state index contributed by atoms with van der Waals surface area (Å²) < 4.78 is 4.99. The van der Waals surface area contributed by atoms with Crippen molar-refractivity contribution in [3.63, 3.8) is 0 Å². The first-order valence-electron chi connectivity index (χ1n) is 8.17. The lowest BCUT2D eigenvalue weighted by molar-refractivity contribution is 0.0526. The predicted molar refractivity (Wildman–Crippen MR) is 92.6 cm³/mol. The van der Waals surface area contributed by atoms with Gasteiger partial charge in [0.05, 0.1) is 12.2 Å². The molecule has 5 nitrogen and oxygen atoms in total. The molecule has 1 N–H and O–H groups in total. The zero-order valence-electron chi connectivity index (χ0n) is 14.6. The second-order valence-corrected chi connectivity index (χ2v) is 6.65. The third-order valence-corrected chi connectivity index (χ3v) is 4.10. The van der Waals surface area contributed by atoms with Gasteiger partial charge in [-0.3, -0.25) is 4.99 Å². The van der Waals surface area contributed by atoms with Crippen LogP contribution >= 0.6 is 0 Å². The van der Waals surface area contributed by atoms with Crippen LogP contribution in [0.2, 0.25) is 0 Å². The molecular weight excluding hydrogens is 290 g/mol. The van der Waals surface area contributed by atoms with Gasteiger partial charge in [0, 0.05) is 26.7 Å². The number of likely N-dealkylation sites (tertiary alicyclic amines) is 1. The highest BCUT2D eigenvalue weighted by molar-refractivity contribution is 5.89. The molecule has 1 aromatic carbocycles. The highest BCUT2D eigenvalue weighted by atomic mass is 16.5. The van der Waals surface area contributed by atoms with Crippen LogP contribution in [0, 0.1) is 5.41 Å². The van der Waals surface area contributed by atoms with Crippen LogP contribution in [0.25, 0.3) is 0 Å². The topological polar surface area (TPSA) is 53.9 Å². The number of aliphatic imine (C=N–C) groups is 1. The van der Waals surface area contributed by atoms with Gasteiger partial charge in [0.25, 0.3) is 0 Å². The molecule has 0 amide bonds. The molecule has 1 aliphatic heterocycles. The summed E-state index contributed by atoms with van der Waals surface area (Å²) in [4.78, 5) is 18.3. The fraction of sp³-hybridized carbons (Fsp3) is 0.556. The quantitative estimate of drug-likeness (QED) is 0.527. The molecule has 5 heteroatoms. The number of carbonyl (C=O) groups is 1. The Kier molecular flexibility index (Phi) is 5.64. The van der Waals surface area contributed by atoms with E-state index >= 15 is 0 Å². The summed E-state index contributed by atoms with van der Waals surface area (Å²) in [6.45, 7) is 9.52. The third kappa shape index (κ3) is 4.71. The van der Waals surface area contributed by atoms with Crippen LogP contribution in [0.4, 0.5) is 0 Å². The number of guanidine groups is 1. The first-order valence-corrected chi connectivity index (χ1v) is 8.17. The van der Waals surface area contributed by atoms with Gasteiger partial charge < -0.3 is 15.0 Å². The van der Waals surface area contributed by atoms with Crippen LogP contribution in [0.3, 0.4) is 0 Å². The Morgan fingerprint density at radius 2 is 2.04 bits per heavy atom. The minimum atomic E-state index is -0.276. The number of nitrogens with one attached hydrogen (secondary N) is 1. The SMILES string of the molecule is CCOC(=O)c1ccc(CNC(=NC)N2CCC(C)(C)C2)cc1. The monoisotopic (exact) mass is 317 g/mol. The van der Waals surface area contributed by atoms with Crippen LogP contribution < -0.4 is 5.32 Å². The summed E-state index contributed by atoms with van der Waals surface area (Å²) in [5.74, 6) is 0.659. The van der Waals surface area contributed by atoms with E-state index in [-0.39, 0.29) is 5.97 Å². The number of nitrogens with zero attached hydrogens (tertiary/aromatic N) is 2. The minimum Gasteiger partial charge on any atom is -0.462 e. The molecule has 0 aromatic heterocycles. The molecule has 23 heavy (non-hydrogen) atoms. The van der Waals surface area contributed by atoms with Crippen molar-refractivity contribution in [2.75, 3.05) is 26.7 Å². The summed E-state index contributed by atoms with van der Waals surface area (Å²) in [6.07, 6.45) is 1.18. The maximum atomic E-state index is 11.6. The van der Waals surface area contributed by atoms with E-state index in [1.807, 2.05) is 19.2 Å². The Morgan fingerprint density at radius 3 is 2.57 bits per heavy atom. The zero-order valence-corrected chi connectivity index (χ0v) is 14.6. The second-order valence-electron chi connectivity index (χ2n) is 6.65. The molecule has 1 saturated heterocycles. The number of hydrogen-bond donors (Lipinski definition) is 1. The smallest absolute Gasteiger partial charge is 0.338 e. The van der Waals surface area contributed by atoms with E-state index in [0.29, 0.717) is 24.1 Å². The van der Waals surface area contributed by atoms with Crippen LogP contribution in [-0.2, 0) is 11.3 Å². The van der Waals surface area contributed by atoms with Gasteiger partial charge in [0.15, 0.2) is 5.96 Å². The van der Waals surface area contributed by atoms with E-state index < -0.39 is 0 Å². The van der Waals surface area contributed by atoms with Crippen LogP contribution in [0.15, 0.2) is 29.3 Å². The molecule has 1 aromatic rings. The van der Waals surface area contributed by atoms with Crippen molar-refractivity contribution in [2.24, 2.45) is 10.4 Å². The van der Waals surface area contributed by atoms with E-state index in [1.54, 1.807) is 19.1 Å². The molecule has 0 unspecified atom stereocenters. The third-order valence-electron chi connectivity index (χ3n) is 4.10. The fourth-order valence-electron chi connectivity index (χ4n) is 2.78. The van der Waals surface area contributed by atoms with E-state index in [2.05, 4.69) is 29.1 Å². The van der Waals surface area contributed by atoms with Gasteiger partial charge >= 0.3 is 5.97 Å². The normalized spacial score (nSPS) is 17.2. The summed E-state index contributed by atoms with van der Waals surface area (Å²) in [5.41, 5.74) is 2.04. The summed E-state index contributed by atoms with van der Waals surface area (Å²) in [7, 11) is 1.82. The molecular formula is C18H27N3O2. The van der Waals surface area contributed by atoms with Crippen molar-refractivity contribution in [3.05, 3.63) is 35.4 Å². The molecule has 1 fully saturated rings. The highest BCUT2D eigenvalue weighted by Gasteiger charge is 2.30. The van der Waals surface area contributed by atoms with Crippen molar-refractivity contribution in [2.45, 2.75) is 33.7 Å². The Labute approximate surface area is 138 Å². The van der Waals surface area contributed by atoms with Gasteiger partial charge in [-0.2, -0.15) is 0 Å². The second kappa shape index (κ2) is 7.49. The number of rotatable bonds is 4. The zero-order chi connectivity index (χ0) is 16.9. The summed E-state index contributed by atoms with van der Waals surface area (Å²) in [5, 5.41) is 3.40. The first kappa shape index (κ1) is 17.3. The summed E-state index contributed by atoms with van der Waals surface area (Å²) >= 11 is 0. The molecule has 0 aliphatic carbocycles. The first-order chi connectivity index (χ1) is 10.9. The Hall–Kier alpha value is -2.04. The Morgan fingerprint density at radius 1 is 1.35 bits per heavy atom. The molecule has 0 saturated carbocycles. The maximum absolute atomic E-state index is 11.6. The van der Waals surface area contributed by atoms with E-state index in [1.165, 1.54) is 6.42 Å². The molecule has 0 radical (unpaired) electrons. The average molecular weight is 317 g/mol. The molecule has 126 valence electrons. The standard InChI is InChI=1S/C18H27N3O2/c1-5-23-16(22)15-8-6-14(7-9-15)12-20-17(19-4)21-11-10-18(2,3)13-21/h6-9H,5,10-13H2,1-4H3,(H,19,20). The van der Waals surface area contributed by atoms with Crippen molar-refractivity contribution in [1.82, 2.24) is 10.2 Å². The van der Waals surface area contributed by atoms with Crippen molar-refractivity contribution >= 4 is 11.9 Å². The van der Waals surface area contributed by atoms with E-state index in [9.17, 15) is 4.79 Å². The van der Waals surface area contributed by atoms with Gasteiger partial charge in [-0.25, -0.2) is 4.79 Å². The number of hydrogen-bond acceptors (Lipinski definition) is 3. The number of esters is 1. The lowest BCUT2D eigenvalue weighted by Gasteiger charge is -2.23. The number of benzene rings is 1. The van der Waals surface area contributed by atoms with Crippen LogP contribution in [0.5, 0.6) is 0 Å². The molecule has 1 aliphatic rings. The molecule has 2 rings (SSSR count). The molecule has 1 heterocycles. The predicted octanol–water partition coefficient (Wildman–Crippen LogP) is 2.67. The molecule has 0 bridgehead atoms. The number of carbonyl (C=O) groups excluding carboxylic acids is 1. The highest BCUT2D eigenvalue weighted by Crippen LogP contribution is 2.28. The Bertz CT molecular complexity index is 564. The lowest BCUT2D eigenvalue weighted by atomic mass is 9.93. The van der Waals surface area contributed by atoms with Crippen LogP contribution in [0.1, 0.15) is 43.1 Å². The minimum absolute atomic E-state index is 0.276. The van der Waals surface area contributed by atoms with Crippen molar-refractivity contribution in [1.29, 1.82) is 0 Å². The lowest BCUT2D eigenvalue weighted by Crippen LogP contribution is -2.40. The molecule has 0 atom stereocenters. The van der Waals surface area contributed by atoms with Gasteiger partial charge in [0.2, 0.25) is 0 Å². The Balaban J connectivity index is 1.91. The van der Waals surface area contributed by atoms with E-state index in [4.69, 9.17) is 4.74 Å². The molecule has 0 spiro atoms. The number of ether oxygens (including phenoxy) is 1. The van der Waals surface area contributed by atoms with Crippen LogP contribution in [-0.4, -0.2) is 43.6 Å². The maximum Gasteiger partial charge on any atom is 0.338 e. The van der Waals surface area contributed by atoms with Crippen molar-refractivity contribution in [3.8, 4) is 0 Å². The summed E-state index contributed by atoms with van der Waals surface area (Å²) in [6, 6.07) is 7.49. The van der Waals surface area contributed by atoms with Gasteiger partial charge in [-0.15, -0.1) is 0 Å². The largest absolute Gasteiger partial charge is 0.462 e. The van der Waals surface area contributed by atoms with Gasteiger partial charge in [-0.05, 0) is 36.5 Å². The van der Waals surface area contributed by atoms with Crippen molar-refractivity contribution < 1.29 is 9.53 Å². The fourth-order valence-corrected chi connectivity index (χ4v) is 2.78.